The Balaban J connectivity index is 1.54. The van der Waals surface area contributed by atoms with E-state index in [1.54, 1.807) is 0 Å². The lowest BCUT2D eigenvalue weighted by Crippen LogP contribution is -2.36. The van der Waals surface area contributed by atoms with E-state index in [1.165, 1.54) is 5.56 Å². The summed E-state index contributed by atoms with van der Waals surface area (Å²) >= 11 is 0. The van der Waals surface area contributed by atoms with Gasteiger partial charge in [0.05, 0.1) is 0 Å². The predicted molar refractivity (Wildman–Crippen MR) is 92.8 cm³/mol. The molecule has 1 fully saturated rings. The van der Waals surface area contributed by atoms with Crippen LogP contribution in [0, 0.1) is 0 Å². The highest BCUT2D eigenvalue weighted by molar-refractivity contribution is 6.19. The van der Waals surface area contributed by atoms with Crippen LogP contribution in [0.1, 0.15) is 21.5 Å². The first kappa shape index (κ1) is 13.9. The topological polar surface area (TPSA) is 29.5 Å². The second-order valence-electron chi connectivity index (χ2n) is 6.61. The number of hydrogen-bond acceptors (Lipinski definition) is 3. The molecule has 5 rings (SSSR count). The van der Waals surface area contributed by atoms with E-state index in [9.17, 15) is 4.79 Å². The molecule has 3 nitrogen and oxygen atoms in total. The fourth-order valence-electron chi connectivity index (χ4n) is 4.06. The Hall–Kier alpha value is -2.49. The van der Waals surface area contributed by atoms with Crippen LogP contribution >= 0.6 is 0 Å². The molecule has 0 saturated carbocycles. The minimum atomic E-state index is -0.835. The molecule has 118 valence electrons. The van der Waals surface area contributed by atoms with Crippen molar-refractivity contribution in [3.8, 4) is 0 Å². The number of ether oxygens (including phenoxy) is 1. The number of carbonyl (C=O) groups is 1. The lowest BCUT2D eigenvalue weighted by Gasteiger charge is -2.22. The molecule has 1 spiro atoms. The van der Waals surface area contributed by atoms with Gasteiger partial charge in [0, 0.05) is 24.2 Å². The Bertz CT molecular complexity index is 945. The average molecular weight is 315 g/mol. The van der Waals surface area contributed by atoms with E-state index in [2.05, 4.69) is 29.2 Å². The molecule has 1 heterocycles. The van der Waals surface area contributed by atoms with Crippen LogP contribution in [0.4, 0.5) is 0 Å². The molecule has 0 bridgehead atoms. The fraction of sp³-hybridized carbons (Fsp3) is 0.190. The Morgan fingerprint density at radius 2 is 1.75 bits per heavy atom. The highest BCUT2D eigenvalue weighted by Crippen LogP contribution is 2.46. The summed E-state index contributed by atoms with van der Waals surface area (Å²) in [6.07, 6.45) is 0. The van der Waals surface area contributed by atoms with Gasteiger partial charge in [-0.05, 0) is 16.3 Å². The number of hydrogen-bond donors (Lipinski definition) is 0. The number of rotatable bonds is 2. The smallest absolute Gasteiger partial charge is 0.201 e. The molecule has 24 heavy (non-hydrogen) atoms. The monoisotopic (exact) mass is 315 g/mol. The van der Waals surface area contributed by atoms with E-state index in [0.29, 0.717) is 13.3 Å². The molecule has 0 N–H and O–H groups in total. The van der Waals surface area contributed by atoms with Crippen LogP contribution in [0.5, 0.6) is 0 Å². The summed E-state index contributed by atoms with van der Waals surface area (Å²) in [4.78, 5) is 15.4. The third-order valence-electron chi connectivity index (χ3n) is 5.14. The third-order valence-corrected chi connectivity index (χ3v) is 5.14. The summed E-state index contributed by atoms with van der Waals surface area (Å²) < 4.78 is 6.15. The quantitative estimate of drug-likeness (QED) is 0.722. The van der Waals surface area contributed by atoms with Gasteiger partial charge in [-0.25, -0.2) is 0 Å². The van der Waals surface area contributed by atoms with E-state index >= 15 is 0 Å². The van der Waals surface area contributed by atoms with Crippen LogP contribution in [-0.4, -0.2) is 24.0 Å². The molecule has 0 aromatic heterocycles. The van der Waals surface area contributed by atoms with E-state index in [1.807, 2.05) is 42.5 Å². The molecule has 3 aromatic rings. The maximum Gasteiger partial charge on any atom is 0.201 e. The predicted octanol–water partition coefficient (Wildman–Crippen LogP) is 3.72. The van der Waals surface area contributed by atoms with Gasteiger partial charge in [-0.1, -0.05) is 66.7 Å². The first-order valence-corrected chi connectivity index (χ1v) is 8.25. The molecular formula is C21H17NO2. The lowest BCUT2D eigenvalue weighted by atomic mass is 9.93. The van der Waals surface area contributed by atoms with Gasteiger partial charge < -0.3 is 4.74 Å². The summed E-state index contributed by atoms with van der Waals surface area (Å²) in [5.74, 6) is 0.102. The zero-order chi connectivity index (χ0) is 16.1. The first-order chi connectivity index (χ1) is 11.8. The van der Waals surface area contributed by atoms with E-state index in [4.69, 9.17) is 4.74 Å². The van der Waals surface area contributed by atoms with Gasteiger partial charge in [0.15, 0.2) is 5.60 Å². The van der Waals surface area contributed by atoms with Crippen molar-refractivity contribution in [3.63, 3.8) is 0 Å². The Morgan fingerprint density at radius 3 is 2.58 bits per heavy atom. The van der Waals surface area contributed by atoms with E-state index in [-0.39, 0.29) is 5.78 Å². The summed E-state index contributed by atoms with van der Waals surface area (Å²) in [6.45, 7) is 1.88. The van der Waals surface area contributed by atoms with E-state index < -0.39 is 5.60 Å². The lowest BCUT2D eigenvalue weighted by molar-refractivity contribution is 0.0113. The second-order valence-corrected chi connectivity index (χ2v) is 6.61. The third kappa shape index (κ3) is 1.83. The van der Waals surface area contributed by atoms with Crippen molar-refractivity contribution in [1.29, 1.82) is 0 Å². The van der Waals surface area contributed by atoms with Crippen molar-refractivity contribution in [3.05, 3.63) is 83.4 Å². The molecule has 1 aliphatic carbocycles. The Labute approximate surface area is 140 Å². The molecule has 0 amide bonds. The zero-order valence-corrected chi connectivity index (χ0v) is 13.2. The van der Waals surface area contributed by atoms with Crippen molar-refractivity contribution in [2.75, 3.05) is 13.3 Å². The molecule has 3 aromatic carbocycles. The minimum Gasteiger partial charge on any atom is -0.345 e. The number of Topliss-reactive ketones (excluding diaryl/α,β-unsaturated/α-hetero) is 1. The molecule has 1 unspecified atom stereocenters. The standard InChI is InChI=1S/C21H17NO2/c23-20-17-10-4-8-16-9-5-11-18(19(16)17)21(20)13-22(14-24-21)12-15-6-2-1-3-7-15/h1-11H,12-14H2. The van der Waals surface area contributed by atoms with Gasteiger partial charge in [0.1, 0.15) is 6.73 Å². The molecule has 1 atom stereocenters. The molecular weight excluding hydrogens is 298 g/mol. The average Bonchev–Trinajstić information content (AvgIpc) is 3.14. The maximum atomic E-state index is 13.1. The maximum absolute atomic E-state index is 13.1. The van der Waals surface area contributed by atoms with Gasteiger partial charge in [0.2, 0.25) is 5.78 Å². The van der Waals surface area contributed by atoms with Crippen molar-refractivity contribution in [1.82, 2.24) is 4.90 Å². The number of fused-ring (bicyclic) bond motifs is 1. The van der Waals surface area contributed by atoms with Crippen LogP contribution in [0.3, 0.4) is 0 Å². The van der Waals surface area contributed by atoms with Crippen molar-refractivity contribution >= 4 is 16.6 Å². The zero-order valence-electron chi connectivity index (χ0n) is 13.2. The highest BCUT2D eigenvalue weighted by Gasteiger charge is 2.52. The largest absolute Gasteiger partial charge is 0.345 e. The van der Waals surface area contributed by atoms with Gasteiger partial charge >= 0.3 is 0 Å². The molecule has 3 heteroatoms. The molecule has 1 aliphatic heterocycles. The Kier molecular flexibility index (Phi) is 2.90. The minimum absolute atomic E-state index is 0.102. The SMILES string of the molecule is O=C1c2cccc3cccc(c23)C12CN(Cc1ccccc1)CO2. The normalized spacial score (nSPS) is 22.8. The summed E-state index contributed by atoms with van der Waals surface area (Å²) in [5.41, 5.74) is 2.22. The number of nitrogens with zero attached hydrogens (tertiary/aromatic N) is 1. The van der Waals surface area contributed by atoms with Crippen molar-refractivity contribution in [2.24, 2.45) is 0 Å². The van der Waals surface area contributed by atoms with Crippen LogP contribution < -0.4 is 0 Å². The fourth-order valence-corrected chi connectivity index (χ4v) is 4.06. The molecule has 1 saturated heterocycles. The number of benzene rings is 3. The summed E-state index contributed by atoms with van der Waals surface area (Å²) in [5, 5.41) is 2.17. The summed E-state index contributed by atoms with van der Waals surface area (Å²) in [7, 11) is 0. The van der Waals surface area contributed by atoms with Crippen molar-refractivity contribution < 1.29 is 9.53 Å². The first-order valence-electron chi connectivity index (χ1n) is 8.25. The van der Waals surface area contributed by atoms with Gasteiger partial charge in [0.25, 0.3) is 0 Å². The highest BCUT2D eigenvalue weighted by atomic mass is 16.5. The Morgan fingerprint density at radius 1 is 0.958 bits per heavy atom. The molecule has 2 aliphatic rings. The summed E-state index contributed by atoms with van der Waals surface area (Å²) in [6, 6.07) is 22.4. The number of carbonyl (C=O) groups excluding carboxylic acids is 1. The van der Waals surface area contributed by atoms with Crippen LogP contribution in [0.25, 0.3) is 10.8 Å². The van der Waals surface area contributed by atoms with Gasteiger partial charge in [-0.3, -0.25) is 9.69 Å². The van der Waals surface area contributed by atoms with Crippen molar-refractivity contribution in [2.45, 2.75) is 12.1 Å². The number of ketones is 1. The van der Waals surface area contributed by atoms with Crippen LogP contribution in [-0.2, 0) is 16.9 Å². The van der Waals surface area contributed by atoms with Gasteiger partial charge in [-0.15, -0.1) is 0 Å². The second kappa shape index (κ2) is 5.00. The van der Waals surface area contributed by atoms with Crippen LogP contribution in [0.2, 0.25) is 0 Å². The van der Waals surface area contributed by atoms with E-state index in [0.717, 1.165) is 28.4 Å². The molecule has 0 radical (unpaired) electrons. The van der Waals surface area contributed by atoms with Crippen LogP contribution in [0.15, 0.2) is 66.7 Å². The van der Waals surface area contributed by atoms with Gasteiger partial charge in [-0.2, -0.15) is 0 Å².